The number of nitrogens with zero attached hydrogens (tertiary/aromatic N) is 1. The van der Waals surface area contributed by atoms with Gasteiger partial charge >= 0.3 is 12.0 Å². The highest BCUT2D eigenvalue weighted by atomic mass is 16.4. The molecule has 6 nitrogen and oxygen atoms in total. The first-order valence-corrected chi connectivity index (χ1v) is 5.66. The molecule has 0 aromatic heterocycles. The summed E-state index contributed by atoms with van der Waals surface area (Å²) in [7, 11) is 1.51. The Bertz CT molecular complexity index is 266. The lowest BCUT2D eigenvalue weighted by Crippen LogP contribution is -2.48. The Kier molecular flexibility index (Phi) is 6.57. The second-order valence-electron chi connectivity index (χ2n) is 4.70. The predicted molar refractivity (Wildman–Crippen MR) is 63.7 cm³/mol. The van der Waals surface area contributed by atoms with Gasteiger partial charge in [0.25, 0.3) is 0 Å². The Hall–Kier alpha value is -1.30. The monoisotopic (exact) mass is 246 g/mol. The Balaban J connectivity index is 4.35. The minimum Gasteiger partial charge on any atom is -0.480 e. The molecule has 0 rings (SSSR count). The van der Waals surface area contributed by atoms with Gasteiger partial charge in [-0.15, -0.1) is 0 Å². The molecule has 3 N–H and O–H groups in total. The van der Waals surface area contributed by atoms with E-state index < -0.39 is 24.1 Å². The Labute approximate surface area is 102 Å². The van der Waals surface area contributed by atoms with Crippen molar-refractivity contribution in [3.63, 3.8) is 0 Å². The molecule has 0 aliphatic heterocycles. The van der Waals surface area contributed by atoms with Crippen molar-refractivity contribution in [2.24, 2.45) is 5.92 Å². The summed E-state index contributed by atoms with van der Waals surface area (Å²) >= 11 is 0. The smallest absolute Gasteiger partial charge is 0.326 e. The zero-order valence-electron chi connectivity index (χ0n) is 10.8. The van der Waals surface area contributed by atoms with E-state index in [9.17, 15) is 9.59 Å². The molecule has 0 aromatic rings. The second kappa shape index (κ2) is 7.11. The number of aliphatic carboxylic acids is 1. The number of hydrogen-bond donors (Lipinski definition) is 3. The van der Waals surface area contributed by atoms with E-state index in [1.807, 2.05) is 13.8 Å². The third kappa shape index (κ3) is 6.78. The number of carboxylic acids is 1. The molecule has 0 heterocycles. The summed E-state index contributed by atoms with van der Waals surface area (Å²) in [6.45, 7) is 5.51. The highest BCUT2D eigenvalue weighted by molar-refractivity contribution is 5.82. The van der Waals surface area contributed by atoms with Crippen LogP contribution in [0, 0.1) is 5.92 Å². The molecule has 0 bridgehead atoms. The number of urea groups is 1. The molecule has 1 unspecified atom stereocenters. The van der Waals surface area contributed by atoms with Gasteiger partial charge in [0.1, 0.15) is 6.04 Å². The molecule has 0 saturated heterocycles. The average molecular weight is 246 g/mol. The summed E-state index contributed by atoms with van der Waals surface area (Å²) in [6, 6.07) is -1.38. The van der Waals surface area contributed by atoms with Gasteiger partial charge in [0.05, 0.1) is 6.10 Å². The van der Waals surface area contributed by atoms with Crippen LogP contribution in [0.2, 0.25) is 0 Å². The van der Waals surface area contributed by atoms with E-state index in [2.05, 4.69) is 5.32 Å². The fraction of sp³-hybridized carbons (Fsp3) is 0.818. The first-order valence-electron chi connectivity index (χ1n) is 5.66. The third-order valence-electron chi connectivity index (χ3n) is 2.19. The summed E-state index contributed by atoms with van der Waals surface area (Å²) in [5, 5.41) is 20.5. The first kappa shape index (κ1) is 15.7. The maximum absolute atomic E-state index is 11.6. The lowest BCUT2D eigenvalue weighted by molar-refractivity contribution is -0.139. The minimum absolute atomic E-state index is 0.167. The summed E-state index contributed by atoms with van der Waals surface area (Å²) < 4.78 is 0. The molecule has 100 valence electrons. The van der Waals surface area contributed by atoms with E-state index in [1.54, 1.807) is 6.92 Å². The van der Waals surface area contributed by atoms with E-state index in [-0.39, 0.29) is 12.5 Å². The molecule has 6 heteroatoms. The van der Waals surface area contributed by atoms with Crippen molar-refractivity contribution in [2.75, 3.05) is 13.6 Å². The second-order valence-corrected chi connectivity index (χ2v) is 4.70. The zero-order valence-corrected chi connectivity index (χ0v) is 10.8. The highest BCUT2D eigenvalue weighted by Gasteiger charge is 2.22. The van der Waals surface area contributed by atoms with E-state index >= 15 is 0 Å². The van der Waals surface area contributed by atoms with Crippen LogP contribution in [0.3, 0.4) is 0 Å². The first-order chi connectivity index (χ1) is 7.73. The average Bonchev–Trinajstić information content (AvgIpc) is 2.14. The van der Waals surface area contributed by atoms with E-state index in [0.29, 0.717) is 6.42 Å². The van der Waals surface area contributed by atoms with Crippen LogP contribution in [0.15, 0.2) is 0 Å². The van der Waals surface area contributed by atoms with E-state index in [1.165, 1.54) is 11.9 Å². The molecule has 0 saturated carbocycles. The van der Waals surface area contributed by atoms with Crippen LogP contribution >= 0.6 is 0 Å². The van der Waals surface area contributed by atoms with Crippen molar-refractivity contribution in [1.29, 1.82) is 0 Å². The lowest BCUT2D eigenvalue weighted by Gasteiger charge is -2.23. The van der Waals surface area contributed by atoms with Gasteiger partial charge in [-0.1, -0.05) is 13.8 Å². The number of carbonyl (C=O) groups excluding carboxylic acids is 1. The number of aliphatic hydroxyl groups is 1. The number of aliphatic hydroxyl groups excluding tert-OH is 1. The Morgan fingerprint density at radius 2 is 1.82 bits per heavy atom. The predicted octanol–water partition coefficient (Wildman–Crippen LogP) is 0.508. The van der Waals surface area contributed by atoms with Crippen LogP contribution in [0.4, 0.5) is 4.79 Å². The lowest BCUT2D eigenvalue weighted by atomic mass is 10.0. The highest BCUT2D eigenvalue weighted by Crippen LogP contribution is 2.05. The maximum Gasteiger partial charge on any atom is 0.326 e. The van der Waals surface area contributed by atoms with Gasteiger partial charge in [-0.05, 0) is 19.3 Å². The van der Waals surface area contributed by atoms with E-state index in [0.717, 1.165) is 0 Å². The van der Waals surface area contributed by atoms with Crippen molar-refractivity contribution < 1.29 is 19.8 Å². The van der Waals surface area contributed by atoms with Gasteiger partial charge in [-0.3, -0.25) is 0 Å². The third-order valence-corrected chi connectivity index (χ3v) is 2.19. The van der Waals surface area contributed by atoms with E-state index in [4.69, 9.17) is 10.2 Å². The van der Waals surface area contributed by atoms with Crippen LogP contribution < -0.4 is 5.32 Å². The normalized spacial score (nSPS) is 14.2. The molecule has 2 atom stereocenters. The van der Waals surface area contributed by atoms with Crippen molar-refractivity contribution >= 4 is 12.0 Å². The number of nitrogens with one attached hydrogen (secondary N) is 1. The number of carboxylic acid groups (broad SMARTS) is 1. The van der Waals surface area contributed by atoms with Gasteiger partial charge in [-0.2, -0.15) is 0 Å². The largest absolute Gasteiger partial charge is 0.480 e. The van der Waals surface area contributed by atoms with Crippen LogP contribution in [-0.2, 0) is 4.79 Å². The number of rotatable bonds is 6. The fourth-order valence-electron chi connectivity index (χ4n) is 1.43. The minimum atomic E-state index is -1.04. The molecule has 2 amide bonds. The molecular weight excluding hydrogens is 224 g/mol. The molecule has 0 radical (unpaired) electrons. The van der Waals surface area contributed by atoms with Gasteiger partial charge in [0.2, 0.25) is 0 Å². The van der Waals surface area contributed by atoms with Crippen LogP contribution in [0.5, 0.6) is 0 Å². The van der Waals surface area contributed by atoms with Crippen LogP contribution in [0.25, 0.3) is 0 Å². The SMILES string of the molecule is CC(C)C[C@H](NC(=O)N(C)CC(C)O)C(=O)O. The van der Waals surface area contributed by atoms with Crippen molar-refractivity contribution in [3.8, 4) is 0 Å². The molecule has 0 fully saturated rings. The molecule has 0 aromatic carbocycles. The maximum atomic E-state index is 11.6. The number of hydrogen-bond acceptors (Lipinski definition) is 3. The molecule has 0 aliphatic rings. The van der Waals surface area contributed by atoms with Gasteiger partial charge in [-0.25, -0.2) is 9.59 Å². The van der Waals surface area contributed by atoms with Gasteiger partial charge < -0.3 is 20.4 Å². The number of carbonyl (C=O) groups is 2. The Morgan fingerprint density at radius 3 is 2.18 bits per heavy atom. The molecule has 0 spiro atoms. The van der Waals surface area contributed by atoms with Crippen LogP contribution in [-0.4, -0.2) is 52.9 Å². The molecule has 17 heavy (non-hydrogen) atoms. The Morgan fingerprint density at radius 1 is 1.29 bits per heavy atom. The number of amides is 2. The van der Waals surface area contributed by atoms with Crippen molar-refractivity contribution in [1.82, 2.24) is 10.2 Å². The van der Waals surface area contributed by atoms with Crippen molar-refractivity contribution in [2.45, 2.75) is 39.3 Å². The summed E-state index contributed by atoms with van der Waals surface area (Å²) in [4.78, 5) is 23.8. The summed E-state index contributed by atoms with van der Waals surface area (Å²) in [5.41, 5.74) is 0. The van der Waals surface area contributed by atoms with Crippen molar-refractivity contribution in [3.05, 3.63) is 0 Å². The molecular formula is C11H22N2O4. The topological polar surface area (TPSA) is 89.9 Å². The van der Waals surface area contributed by atoms with Crippen LogP contribution in [0.1, 0.15) is 27.2 Å². The summed E-state index contributed by atoms with van der Waals surface area (Å²) in [6.07, 6.45) is -0.261. The summed E-state index contributed by atoms with van der Waals surface area (Å²) in [5.74, 6) is -0.865. The zero-order chi connectivity index (χ0) is 13.6. The number of likely N-dealkylation sites (N-methyl/N-ethyl adjacent to an activating group) is 1. The molecule has 0 aliphatic carbocycles. The van der Waals surface area contributed by atoms with Gasteiger partial charge in [0.15, 0.2) is 0 Å². The quantitative estimate of drug-likeness (QED) is 0.637. The fourth-order valence-corrected chi connectivity index (χ4v) is 1.43. The van der Waals surface area contributed by atoms with Gasteiger partial charge in [0, 0.05) is 13.6 Å². The standard InChI is InChI=1S/C11H22N2O4/c1-7(2)5-9(10(15)16)12-11(17)13(4)6-8(3)14/h7-9,14H,5-6H2,1-4H3,(H,12,17)(H,15,16)/t8?,9-/m0/s1.